The molecule has 0 bridgehead atoms. The number of ether oxygens (including phenoxy) is 2. The number of hydrogen-bond acceptors (Lipinski definition) is 4. The third-order valence-electron chi connectivity index (χ3n) is 3.49. The van der Waals surface area contributed by atoms with E-state index in [-0.39, 0.29) is 6.29 Å². The molecule has 1 aliphatic heterocycles. The molecule has 1 saturated heterocycles. The van der Waals surface area contributed by atoms with Crippen LogP contribution in [0.25, 0.3) is 16.7 Å². The minimum absolute atomic E-state index is 0.332. The highest BCUT2D eigenvalue weighted by Gasteiger charge is 2.22. The number of halogens is 1. The van der Waals surface area contributed by atoms with Crippen LogP contribution in [0.3, 0.4) is 0 Å². The predicted octanol–water partition coefficient (Wildman–Crippen LogP) is 3.23. The highest BCUT2D eigenvalue weighted by atomic mass is 79.9. The van der Waals surface area contributed by atoms with Gasteiger partial charge < -0.3 is 9.47 Å². The Morgan fingerprint density at radius 1 is 1.19 bits per heavy atom. The summed E-state index contributed by atoms with van der Waals surface area (Å²) in [4.78, 5) is 8.66. The summed E-state index contributed by atoms with van der Waals surface area (Å²) in [5.41, 5.74) is 1.97. The monoisotopic (exact) mass is 345 g/mol. The molecule has 1 aliphatic rings. The average molecular weight is 346 g/mol. The van der Waals surface area contributed by atoms with E-state index in [2.05, 4.69) is 25.9 Å². The molecule has 0 aromatic carbocycles. The van der Waals surface area contributed by atoms with Crippen LogP contribution in [0.1, 0.15) is 11.9 Å². The number of pyridine rings is 2. The molecule has 0 atom stereocenters. The van der Waals surface area contributed by atoms with E-state index in [1.165, 1.54) is 0 Å². The first-order chi connectivity index (χ1) is 10.3. The summed E-state index contributed by atoms with van der Waals surface area (Å²) in [6.45, 7) is 1.23. The summed E-state index contributed by atoms with van der Waals surface area (Å²) < 4.78 is 14.0. The lowest BCUT2D eigenvalue weighted by Crippen LogP contribution is -2.03. The fraction of sp³-hybridized carbons (Fsp3) is 0.200. The summed E-state index contributed by atoms with van der Waals surface area (Å²) in [6, 6.07) is 6.00. The van der Waals surface area contributed by atoms with Crippen molar-refractivity contribution in [3.05, 3.63) is 53.0 Å². The smallest absolute Gasteiger partial charge is 0.185 e. The summed E-state index contributed by atoms with van der Waals surface area (Å²) >= 11 is 3.51. The number of rotatable bonds is 2. The first-order valence-corrected chi connectivity index (χ1v) is 7.42. The largest absolute Gasteiger partial charge is 0.346 e. The van der Waals surface area contributed by atoms with E-state index in [0.29, 0.717) is 13.2 Å². The summed E-state index contributed by atoms with van der Waals surface area (Å²) in [5, 5.41) is 1.13. The molecular weight excluding hydrogens is 334 g/mol. The molecule has 0 unspecified atom stereocenters. The normalized spacial score (nSPS) is 15.9. The first-order valence-electron chi connectivity index (χ1n) is 6.63. The lowest BCUT2D eigenvalue weighted by Gasteiger charge is -2.13. The van der Waals surface area contributed by atoms with Crippen LogP contribution in [0, 0.1) is 0 Å². The minimum Gasteiger partial charge on any atom is -0.346 e. The molecule has 0 radical (unpaired) electrons. The number of aromatic nitrogens is 3. The van der Waals surface area contributed by atoms with Crippen molar-refractivity contribution in [3.63, 3.8) is 0 Å². The maximum atomic E-state index is 5.58. The SMILES string of the molecule is Brc1cnc(-n2ccc3ccncc32)cc1C1OCCO1. The summed E-state index contributed by atoms with van der Waals surface area (Å²) in [5.74, 6) is 0.815. The zero-order valence-electron chi connectivity index (χ0n) is 11.1. The molecule has 0 amide bonds. The summed E-state index contributed by atoms with van der Waals surface area (Å²) in [6.07, 6.45) is 7.05. The Labute approximate surface area is 129 Å². The maximum Gasteiger partial charge on any atom is 0.185 e. The zero-order chi connectivity index (χ0) is 14.2. The molecule has 4 rings (SSSR count). The number of nitrogens with zero attached hydrogens (tertiary/aromatic N) is 3. The molecule has 3 aromatic heterocycles. The Kier molecular flexibility index (Phi) is 3.21. The van der Waals surface area contributed by atoms with Crippen molar-refractivity contribution in [2.24, 2.45) is 0 Å². The molecule has 106 valence electrons. The molecule has 3 aromatic rings. The molecule has 6 heteroatoms. The average Bonchev–Trinajstić information content (AvgIpc) is 3.17. The molecule has 0 spiro atoms. The van der Waals surface area contributed by atoms with E-state index in [9.17, 15) is 0 Å². The topological polar surface area (TPSA) is 49.2 Å². The van der Waals surface area contributed by atoms with Gasteiger partial charge in [0.05, 0.1) is 24.9 Å². The van der Waals surface area contributed by atoms with Gasteiger partial charge in [-0.05, 0) is 34.1 Å². The van der Waals surface area contributed by atoms with Gasteiger partial charge >= 0.3 is 0 Å². The maximum absolute atomic E-state index is 5.58. The van der Waals surface area contributed by atoms with Crippen LogP contribution in [0.2, 0.25) is 0 Å². The number of hydrogen-bond donors (Lipinski definition) is 0. The second-order valence-corrected chi connectivity index (χ2v) is 5.61. The lowest BCUT2D eigenvalue weighted by molar-refractivity contribution is -0.0447. The van der Waals surface area contributed by atoms with Crippen LogP contribution in [-0.4, -0.2) is 27.7 Å². The van der Waals surface area contributed by atoms with Gasteiger partial charge in [0.15, 0.2) is 6.29 Å². The molecule has 4 heterocycles. The van der Waals surface area contributed by atoms with Crippen LogP contribution >= 0.6 is 15.9 Å². The second kappa shape index (κ2) is 5.22. The quantitative estimate of drug-likeness (QED) is 0.715. The molecule has 5 nitrogen and oxygen atoms in total. The molecule has 0 saturated carbocycles. The van der Waals surface area contributed by atoms with Crippen molar-refractivity contribution in [1.82, 2.24) is 14.5 Å². The van der Waals surface area contributed by atoms with Crippen LogP contribution in [-0.2, 0) is 9.47 Å². The van der Waals surface area contributed by atoms with Gasteiger partial charge in [-0.3, -0.25) is 9.55 Å². The van der Waals surface area contributed by atoms with Gasteiger partial charge in [-0.2, -0.15) is 0 Å². The third-order valence-corrected chi connectivity index (χ3v) is 4.15. The Bertz CT molecular complexity index is 796. The molecular formula is C15H12BrN3O2. The molecule has 1 fully saturated rings. The Morgan fingerprint density at radius 2 is 2.05 bits per heavy atom. The van der Waals surface area contributed by atoms with Crippen molar-refractivity contribution >= 4 is 26.8 Å². The Balaban J connectivity index is 1.83. The van der Waals surface area contributed by atoms with Crippen LogP contribution in [0.4, 0.5) is 0 Å². The highest BCUT2D eigenvalue weighted by molar-refractivity contribution is 9.10. The van der Waals surface area contributed by atoms with Gasteiger partial charge in [0.25, 0.3) is 0 Å². The summed E-state index contributed by atoms with van der Waals surface area (Å²) in [7, 11) is 0. The standard InChI is InChI=1S/C15H12BrN3O2/c16-12-8-18-14(7-11(12)15-20-5-6-21-15)19-4-2-10-1-3-17-9-13(10)19/h1-4,7-9,15H,5-6H2. The van der Waals surface area contributed by atoms with Gasteiger partial charge in [-0.1, -0.05) is 0 Å². The van der Waals surface area contributed by atoms with E-state index in [4.69, 9.17) is 9.47 Å². The van der Waals surface area contributed by atoms with E-state index in [1.54, 1.807) is 12.4 Å². The van der Waals surface area contributed by atoms with Gasteiger partial charge in [0, 0.05) is 34.0 Å². The number of fused-ring (bicyclic) bond motifs is 1. The Morgan fingerprint density at radius 3 is 2.90 bits per heavy atom. The molecule has 0 N–H and O–H groups in total. The van der Waals surface area contributed by atoms with Crippen molar-refractivity contribution < 1.29 is 9.47 Å². The van der Waals surface area contributed by atoms with Gasteiger partial charge in [0.1, 0.15) is 5.82 Å². The van der Waals surface area contributed by atoms with Crippen molar-refractivity contribution in [2.75, 3.05) is 13.2 Å². The van der Waals surface area contributed by atoms with E-state index < -0.39 is 0 Å². The van der Waals surface area contributed by atoms with Gasteiger partial charge in [-0.15, -0.1) is 0 Å². The fourth-order valence-corrected chi connectivity index (χ4v) is 2.87. The first kappa shape index (κ1) is 12.9. The van der Waals surface area contributed by atoms with E-state index in [0.717, 1.165) is 26.8 Å². The van der Waals surface area contributed by atoms with Crippen LogP contribution in [0.5, 0.6) is 0 Å². The Hall–Kier alpha value is -1.76. The van der Waals surface area contributed by atoms with Crippen LogP contribution < -0.4 is 0 Å². The molecule has 0 aliphatic carbocycles. The molecule has 21 heavy (non-hydrogen) atoms. The van der Waals surface area contributed by atoms with Crippen LogP contribution in [0.15, 0.2) is 47.5 Å². The second-order valence-electron chi connectivity index (χ2n) is 4.76. The van der Waals surface area contributed by atoms with E-state index in [1.807, 2.05) is 35.2 Å². The fourth-order valence-electron chi connectivity index (χ4n) is 2.47. The minimum atomic E-state index is -0.332. The predicted molar refractivity (Wildman–Crippen MR) is 81.2 cm³/mol. The van der Waals surface area contributed by atoms with Gasteiger partial charge in [-0.25, -0.2) is 4.98 Å². The van der Waals surface area contributed by atoms with Crippen molar-refractivity contribution in [2.45, 2.75) is 6.29 Å². The highest BCUT2D eigenvalue weighted by Crippen LogP contribution is 2.31. The third kappa shape index (κ3) is 2.25. The lowest BCUT2D eigenvalue weighted by atomic mass is 10.2. The zero-order valence-corrected chi connectivity index (χ0v) is 12.7. The van der Waals surface area contributed by atoms with Crippen molar-refractivity contribution in [1.29, 1.82) is 0 Å². The van der Waals surface area contributed by atoms with Crippen molar-refractivity contribution in [3.8, 4) is 5.82 Å². The van der Waals surface area contributed by atoms with E-state index >= 15 is 0 Å². The van der Waals surface area contributed by atoms with Gasteiger partial charge in [0.2, 0.25) is 0 Å².